The van der Waals surface area contributed by atoms with E-state index in [1.54, 1.807) is 12.1 Å². The monoisotopic (exact) mass is 371 g/mol. The minimum Gasteiger partial charge on any atom is -0.329 e. The number of allylic oxidation sites excluding steroid dienone is 2. The Balaban J connectivity index is 1.74. The first kappa shape index (κ1) is 17.5. The molecule has 1 heterocycles. The number of ketones is 1. The normalized spacial score (nSPS) is 22.5. The Hall–Kier alpha value is -2.89. The number of rotatable bonds is 2. The molecule has 0 bridgehead atoms. The maximum absolute atomic E-state index is 14.3. The molecule has 0 radical (unpaired) electrons. The van der Waals surface area contributed by atoms with E-state index in [0.717, 1.165) is 11.6 Å². The molecular formula is C21H16F3NO2. The first-order valence-electron chi connectivity index (χ1n) is 8.69. The molecule has 2 aliphatic rings. The fourth-order valence-corrected chi connectivity index (χ4v) is 3.99. The van der Waals surface area contributed by atoms with E-state index in [2.05, 4.69) is 5.32 Å². The van der Waals surface area contributed by atoms with Crippen molar-refractivity contribution in [3.63, 3.8) is 0 Å². The highest BCUT2D eigenvalue weighted by Crippen LogP contribution is 2.43. The summed E-state index contributed by atoms with van der Waals surface area (Å²) in [7, 11) is 0. The Bertz CT molecular complexity index is 966. The van der Waals surface area contributed by atoms with E-state index in [-0.39, 0.29) is 41.8 Å². The molecule has 0 saturated heterocycles. The van der Waals surface area contributed by atoms with Gasteiger partial charge >= 0.3 is 0 Å². The summed E-state index contributed by atoms with van der Waals surface area (Å²) >= 11 is 0. The van der Waals surface area contributed by atoms with E-state index < -0.39 is 17.6 Å². The van der Waals surface area contributed by atoms with Crippen molar-refractivity contribution in [2.45, 2.75) is 31.1 Å². The van der Waals surface area contributed by atoms with Crippen molar-refractivity contribution in [1.29, 1.82) is 0 Å². The Labute approximate surface area is 153 Å². The van der Waals surface area contributed by atoms with Crippen LogP contribution in [0.5, 0.6) is 0 Å². The Morgan fingerprint density at radius 1 is 0.889 bits per heavy atom. The molecule has 2 atom stereocenters. The van der Waals surface area contributed by atoms with Gasteiger partial charge in [0.05, 0.1) is 0 Å². The van der Waals surface area contributed by atoms with E-state index in [1.165, 1.54) is 24.3 Å². The largest absolute Gasteiger partial charge is 0.329 e. The van der Waals surface area contributed by atoms with Crippen molar-refractivity contribution in [3.8, 4) is 0 Å². The highest BCUT2D eigenvalue weighted by molar-refractivity contribution is 6.02. The van der Waals surface area contributed by atoms with Crippen LogP contribution in [0.1, 0.15) is 42.2 Å². The lowest BCUT2D eigenvalue weighted by molar-refractivity contribution is -0.122. The van der Waals surface area contributed by atoms with Crippen LogP contribution in [0.15, 0.2) is 53.7 Å². The molecule has 1 amide bonds. The number of carbonyl (C=O) groups is 2. The van der Waals surface area contributed by atoms with Gasteiger partial charge in [-0.15, -0.1) is 0 Å². The summed E-state index contributed by atoms with van der Waals surface area (Å²) < 4.78 is 41.1. The van der Waals surface area contributed by atoms with Gasteiger partial charge in [0, 0.05) is 30.0 Å². The first-order valence-corrected chi connectivity index (χ1v) is 8.69. The second kappa shape index (κ2) is 6.68. The third-order valence-corrected chi connectivity index (χ3v) is 5.23. The highest BCUT2D eigenvalue weighted by atomic mass is 19.2. The molecule has 1 N–H and O–H groups in total. The third-order valence-electron chi connectivity index (χ3n) is 5.23. The van der Waals surface area contributed by atoms with Crippen LogP contribution in [-0.2, 0) is 9.59 Å². The summed E-state index contributed by atoms with van der Waals surface area (Å²) in [6, 6.07) is 9.67. The zero-order chi connectivity index (χ0) is 19.1. The predicted octanol–water partition coefficient (Wildman–Crippen LogP) is 4.11. The van der Waals surface area contributed by atoms with Crippen molar-refractivity contribution in [2.75, 3.05) is 0 Å². The van der Waals surface area contributed by atoms with Gasteiger partial charge in [-0.05, 0) is 41.7 Å². The summed E-state index contributed by atoms with van der Waals surface area (Å²) in [5.74, 6) is -3.95. The van der Waals surface area contributed by atoms with E-state index in [0.29, 0.717) is 17.7 Å². The van der Waals surface area contributed by atoms with Gasteiger partial charge in [-0.1, -0.05) is 24.3 Å². The second-order valence-electron chi connectivity index (χ2n) is 6.92. The minimum atomic E-state index is -1.03. The van der Waals surface area contributed by atoms with Gasteiger partial charge in [0.1, 0.15) is 5.82 Å². The van der Waals surface area contributed by atoms with Gasteiger partial charge in [0.15, 0.2) is 17.4 Å². The molecule has 1 aliphatic carbocycles. The summed E-state index contributed by atoms with van der Waals surface area (Å²) in [5, 5.41) is 2.72. The van der Waals surface area contributed by atoms with Crippen LogP contribution in [0.25, 0.3) is 0 Å². The van der Waals surface area contributed by atoms with Crippen molar-refractivity contribution in [1.82, 2.24) is 5.32 Å². The predicted molar refractivity (Wildman–Crippen MR) is 92.3 cm³/mol. The Morgan fingerprint density at radius 2 is 1.63 bits per heavy atom. The fraction of sp³-hybridized carbons (Fsp3) is 0.238. The fourth-order valence-electron chi connectivity index (χ4n) is 3.99. The number of hydrogen-bond donors (Lipinski definition) is 1. The molecule has 0 unspecified atom stereocenters. The number of carbonyl (C=O) groups excluding carboxylic acids is 2. The van der Waals surface area contributed by atoms with Crippen molar-refractivity contribution in [2.24, 2.45) is 0 Å². The molecule has 0 aromatic heterocycles. The molecule has 138 valence electrons. The van der Waals surface area contributed by atoms with Crippen LogP contribution in [0.2, 0.25) is 0 Å². The lowest BCUT2D eigenvalue weighted by Crippen LogP contribution is -2.38. The average molecular weight is 371 g/mol. The third kappa shape index (κ3) is 3.16. The number of hydrogen-bond acceptors (Lipinski definition) is 2. The highest BCUT2D eigenvalue weighted by Gasteiger charge is 2.39. The topological polar surface area (TPSA) is 46.2 Å². The van der Waals surface area contributed by atoms with E-state index in [1.807, 2.05) is 0 Å². The van der Waals surface area contributed by atoms with Crippen molar-refractivity contribution < 1.29 is 22.8 Å². The van der Waals surface area contributed by atoms with Crippen molar-refractivity contribution >= 4 is 11.7 Å². The van der Waals surface area contributed by atoms with Crippen LogP contribution in [0.4, 0.5) is 13.2 Å². The summed E-state index contributed by atoms with van der Waals surface area (Å²) in [5.41, 5.74) is 1.61. The molecule has 0 spiro atoms. The maximum atomic E-state index is 14.3. The molecule has 1 aliphatic heterocycles. The number of nitrogens with one attached hydrogen (secondary N) is 1. The molecule has 0 saturated carbocycles. The molecule has 0 fully saturated rings. The zero-order valence-electron chi connectivity index (χ0n) is 14.3. The van der Waals surface area contributed by atoms with Gasteiger partial charge in [0.25, 0.3) is 0 Å². The van der Waals surface area contributed by atoms with Gasteiger partial charge in [-0.3, -0.25) is 9.59 Å². The molecule has 4 rings (SSSR count). The van der Waals surface area contributed by atoms with Gasteiger partial charge in [0.2, 0.25) is 5.91 Å². The van der Waals surface area contributed by atoms with E-state index in [9.17, 15) is 22.8 Å². The lowest BCUT2D eigenvalue weighted by atomic mass is 9.73. The molecule has 27 heavy (non-hydrogen) atoms. The minimum absolute atomic E-state index is 0.0194. The van der Waals surface area contributed by atoms with Crippen molar-refractivity contribution in [3.05, 3.63) is 82.3 Å². The molecule has 2 aromatic carbocycles. The number of amides is 1. The second-order valence-corrected chi connectivity index (χ2v) is 6.92. The zero-order valence-corrected chi connectivity index (χ0v) is 14.3. The van der Waals surface area contributed by atoms with Crippen LogP contribution < -0.4 is 5.32 Å². The van der Waals surface area contributed by atoms with Gasteiger partial charge in [-0.25, -0.2) is 13.2 Å². The smallest absolute Gasteiger partial charge is 0.225 e. The molecular weight excluding hydrogens is 355 g/mol. The lowest BCUT2D eigenvalue weighted by Gasteiger charge is -2.34. The Morgan fingerprint density at radius 3 is 2.37 bits per heavy atom. The molecule has 6 heteroatoms. The SMILES string of the molecule is O=C1C[C@H](c2cccc(F)c2F)C2=C(C[C@H](c3ccc(F)cc3)CC2=O)N1. The molecule has 3 nitrogen and oxygen atoms in total. The van der Waals surface area contributed by atoms with E-state index >= 15 is 0 Å². The number of benzene rings is 2. The van der Waals surface area contributed by atoms with Crippen LogP contribution in [-0.4, -0.2) is 11.7 Å². The summed E-state index contributed by atoms with van der Waals surface area (Å²) in [6.07, 6.45) is 0.450. The number of halogens is 3. The van der Waals surface area contributed by atoms with Crippen LogP contribution in [0.3, 0.4) is 0 Å². The standard InChI is InChI=1S/C21H16F3NO2/c22-13-6-4-11(5-7-13)12-8-17-20(18(26)9-12)15(10-19(27)25-17)14-2-1-3-16(23)21(14)24/h1-7,12,15H,8-10H2,(H,25,27)/t12-,15+/m0/s1. The summed E-state index contributed by atoms with van der Waals surface area (Å²) in [4.78, 5) is 25.0. The first-order chi connectivity index (χ1) is 12.9. The average Bonchev–Trinajstić information content (AvgIpc) is 2.63. The van der Waals surface area contributed by atoms with Crippen LogP contribution in [0, 0.1) is 17.5 Å². The maximum Gasteiger partial charge on any atom is 0.225 e. The summed E-state index contributed by atoms with van der Waals surface area (Å²) in [6.45, 7) is 0. The van der Waals surface area contributed by atoms with E-state index in [4.69, 9.17) is 0 Å². The van der Waals surface area contributed by atoms with Crippen LogP contribution >= 0.6 is 0 Å². The molecule has 2 aromatic rings. The van der Waals surface area contributed by atoms with Gasteiger partial charge in [-0.2, -0.15) is 0 Å². The number of Topliss-reactive ketones (excluding diaryl/α,β-unsaturated/α-hetero) is 1. The van der Waals surface area contributed by atoms with Gasteiger partial charge < -0.3 is 5.32 Å². The Kier molecular flexibility index (Phi) is 4.34. The quantitative estimate of drug-likeness (QED) is 0.864.